The third-order valence-electron chi connectivity index (χ3n) is 6.20. The van der Waals surface area contributed by atoms with Crippen molar-refractivity contribution in [1.82, 2.24) is 20.4 Å². The van der Waals surface area contributed by atoms with Gasteiger partial charge >= 0.3 is 0 Å². The number of hydrogen-bond acceptors (Lipinski definition) is 5. The first-order chi connectivity index (χ1) is 17.0. The van der Waals surface area contributed by atoms with Crippen LogP contribution in [0.4, 0.5) is 0 Å². The van der Waals surface area contributed by atoms with E-state index >= 15 is 0 Å². The Morgan fingerprint density at radius 2 is 1.69 bits per heavy atom. The number of aryl methyl sites for hydroxylation is 1. The van der Waals surface area contributed by atoms with Crippen LogP contribution in [0.5, 0.6) is 0 Å². The number of aromatic nitrogens is 2. The van der Waals surface area contributed by atoms with E-state index < -0.39 is 0 Å². The monoisotopic (exact) mass is 498 g/mol. The molecule has 1 aliphatic rings. The molecule has 3 aromatic carbocycles. The minimum Gasteiger partial charge on any atom is -0.351 e. The van der Waals surface area contributed by atoms with Gasteiger partial charge < -0.3 is 14.7 Å². The Kier molecular flexibility index (Phi) is 6.70. The highest BCUT2D eigenvalue weighted by atomic mass is 32.2. The number of nitrogens with one attached hydrogen (secondary N) is 1. The minimum absolute atomic E-state index is 0.197. The molecule has 1 atom stereocenters. The van der Waals surface area contributed by atoms with Crippen molar-refractivity contribution in [2.75, 3.05) is 6.26 Å². The molecule has 1 N–H and O–H groups in total. The van der Waals surface area contributed by atoms with Crippen molar-refractivity contribution in [2.24, 2.45) is 0 Å². The molecule has 7 heteroatoms. The topological polar surface area (TPSA) is 54.2 Å². The number of allylic oxidation sites excluding steroid dienone is 1. The summed E-state index contributed by atoms with van der Waals surface area (Å²) in [4.78, 5) is 8.12. The van der Waals surface area contributed by atoms with E-state index in [1.807, 2.05) is 42.5 Å². The van der Waals surface area contributed by atoms with Gasteiger partial charge in [0.15, 0.2) is 5.11 Å². The van der Waals surface area contributed by atoms with Crippen LogP contribution in [0.2, 0.25) is 0 Å². The average Bonchev–Trinajstić information content (AvgIpc) is 3.37. The SMILES string of the molecule is CSc1ccc(C2NC(=S)N(Cc3ccccc3)C(C)=C2c2nc(-c3ccc(C)cc3)no2)cc1. The van der Waals surface area contributed by atoms with Gasteiger partial charge in [-0.15, -0.1) is 11.8 Å². The maximum atomic E-state index is 5.86. The lowest BCUT2D eigenvalue weighted by atomic mass is 9.94. The first-order valence-electron chi connectivity index (χ1n) is 11.4. The lowest BCUT2D eigenvalue weighted by molar-refractivity contribution is 0.396. The highest BCUT2D eigenvalue weighted by Gasteiger charge is 2.34. The Morgan fingerprint density at radius 1 is 0.971 bits per heavy atom. The second kappa shape index (κ2) is 10.1. The van der Waals surface area contributed by atoms with Gasteiger partial charge in [0.25, 0.3) is 5.89 Å². The zero-order valence-electron chi connectivity index (χ0n) is 19.9. The molecule has 0 fully saturated rings. The molecule has 1 unspecified atom stereocenters. The average molecular weight is 499 g/mol. The van der Waals surface area contributed by atoms with Crippen LogP contribution in [-0.4, -0.2) is 26.4 Å². The van der Waals surface area contributed by atoms with Crippen LogP contribution in [0.3, 0.4) is 0 Å². The highest BCUT2D eigenvalue weighted by Crippen LogP contribution is 2.38. The molecule has 2 heterocycles. The zero-order chi connectivity index (χ0) is 24.4. The predicted octanol–water partition coefficient (Wildman–Crippen LogP) is 6.63. The van der Waals surface area contributed by atoms with Crippen molar-refractivity contribution in [1.29, 1.82) is 0 Å². The molecule has 1 aliphatic heterocycles. The van der Waals surface area contributed by atoms with Gasteiger partial charge in [0.1, 0.15) is 0 Å². The van der Waals surface area contributed by atoms with Crippen LogP contribution in [0.15, 0.2) is 94.0 Å². The van der Waals surface area contributed by atoms with Crippen LogP contribution in [-0.2, 0) is 6.54 Å². The van der Waals surface area contributed by atoms with Crippen LogP contribution in [0.1, 0.15) is 35.5 Å². The van der Waals surface area contributed by atoms with E-state index in [1.165, 1.54) is 16.0 Å². The van der Waals surface area contributed by atoms with E-state index in [-0.39, 0.29) is 6.04 Å². The Labute approximate surface area is 215 Å². The van der Waals surface area contributed by atoms with Gasteiger partial charge in [0, 0.05) is 22.7 Å². The maximum absolute atomic E-state index is 5.86. The molecule has 1 aromatic heterocycles. The van der Waals surface area contributed by atoms with Crippen molar-refractivity contribution in [2.45, 2.75) is 31.3 Å². The second-order valence-corrected chi connectivity index (χ2v) is 9.78. The Bertz CT molecular complexity index is 1360. The summed E-state index contributed by atoms with van der Waals surface area (Å²) < 4.78 is 5.86. The van der Waals surface area contributed by atoms with Gasteiger partial charge in [-0.05, 0) is 55.6 Å². The third kappa shape index (κ3) is 4.88. The standard InChI is InChI=1S/C28H26N4OS2/c1-18-9-11-22(12-10-18)26-30-27(33-31-26)24-19(2)32(17-20-7-5-4-6-8-20)28(34)29-25(24)21-13-15-23(35-3)16-14-21/h4-16,25H,17H2,1-3H3,(H,29,34). The van der Waals surface area contributed by atoms with E-state index in [9.17, 15) is 0 Å². The summed E-state index contributed by atoms with van der Waals surface area (Å²) in [5, 5.41) is 8.52. The Balaban J connectivity index is 1.58. The van der Waals surface area contributed by atoms with Crippen LogP contribution >= 0.6 is 24.0 Å². The van der Waals surface area contributed by atoms with Gasteiger partial charge in [-0.25, -0.2) is 0 Å². The summed E-state index contributed by atoms with van der Waals surface area (Å²) in [6.07, 6.45) is 2.07. The molecular formula is C28H26N4OS2. The molecule has 5 rings (SSSR count). The molecule has 0 bridgehead atoms. The summed E-state index contributed by atoms with van der Waals surface area (Å²) >= 11 is 7.55. The number of nitrogens with zero attached hydrogens (tertiary/aromatic N) is 3. The number of thiocarbonyl (C=S) groups is 1. The first kappa shape index (κ1) is 23.3. The molecule has 0 spiro atoms. The lowest BCUT2D eigenvalue weighted by Crippen LogP contribution is -2.45. The molecule has 4 aromatic rings. The van der Waals surface area contributed by atoms with Crippen LogP contribution in [0.25, 0.3) is 17.0 Å². The fourth-order valence-electron chi connectivity index (χ4n) is 4.21. The fourth-order valence-corrected chi connectivity index (χ4v) is 4.94. The quantitative estimate of drug-likeness (QED) is 0.236. The summed E-state index contributed by atoms with van der Waals surface area (Å²) in [5.74, 6) is 1.06. The number of rotatable bonds is 6. The molecule has 0 radical (unpaired) electrons. The van der Waals surface area contributed by atoms with E-state index in [0.717, 1.165) is 22.4 Å². The Morgan fingerprint density at radius 3 is 2.37 bits per heavy atom. The highest BCUT2D eigenvalue weighted by molar-refractivity contribution is 7.98. The van der Waals surface area contributed by atoms with Crippen LogP contribution in [0, 0.1) is 6.92 Å². The van der Waals surface area contributed by atoms with Gasteiger partial charge in [0.05, 0.1) is 11.6 Å². The maximum Gasteiger partial charge on any atom is 0.258 e. The van der Waals surface area contributed by atoms with E-state index in [4.69, 9.17) is 21.7 Å². The van der Waals surface area contributed by atoms with E-state index in [2.05, 4.69) is 71.9 Å². The summed E-state index contributed by atoms with van der Waals surface area (Å²) in [6.45, 7) is 4.79. The summed E-state index contributed by atoms with van der Waals surface area (Å²) in [6, 6.07) is 26.7. The molecule has 176 valence electrons. The van der Waals surface area contributed by atoms with Crippen molar-refractivity contribution < 1.29 is 4.52 Å². The third-order valence-corrected chi connectivity index (χ3v) is 7.28. The van der Waals surface area contributed by atoms with Gasteiger partial charge in [-0.1, -0.05) is 77.5 Å². The summed E-state index contributed by atoms with van der Waals surface area (Å²) in [7, 11) is 0. The molecule has 0 amide bonds. The van der Waals surface area contributed by atoms with Crippen molar-refractivity contribution >= 4 is 34.7 Å². The van der Waals surface area contributed by atoms with Crippen molar-refractivity contribution in [3.8, 4) is 11.4 Å². The van der Waals surface area contributed by atoms with Crippen LogP contribution < -0.4 is 5.32 Å². The van der Waals surface area contributed by atoms with Gasteiger partial charge in [-0.3, -0.25) is 0 Å². The normalized spacial score (nSPS) is 15.9. The molecule has 35 heavy (non-hydrogen) atoms. The fraction of sp³-hybridized carbons (Fsp3) is 0.179. The lowest BCUT2D eigenvalue weighted by Gasteiger charge is -2.37. The second-order valence-electron chi connectivity index (χ2n) is 8.52. The molecular weight excluding hydrogens is 472 g/mol. The zero-order valence-corrected chi connectivity index (χ0v) is 21.5. The van der Waals surface area contributed by atoms with E-state index in [0.29, 0.717) is 23.4 Å². The van der Waals surface area contributed by atoms with Crippen molar-refractivity contribution in [3.05, 3.63) is 107 Å². The summed E-state index contributed by atoms with van der Waals surface area (Å²) in [5.41, 5.74) is 6.29. The molecule has 0 aliphatic carbocycles. The number of benzene rings is 3. The van der Waals surface area contributed by atoms with E-state index in [1.54, 1.807) is 11.8 Å². The Hall–Kier alpha value is -3.42. The smallest absolute Gasteiger partial charge is 0.258 e. The van der Waals surface area contributed by atoms with Gasteiger partial charge in [0.2, 0.25) is 5.82 Å². The molecule has 0 saturated carbocycles. The number of thioether (sulfide) groups is 1. The molecule has 5 nitrogen and oxygen atoms in total. The molecule has 0 saturated heterocycles. The largest absolute Gasteiger partial charge is 0.351 e. The van der Waals surface area contributed by atoms with Crippen molar-refractivity contribution in [3.63, 3.8) is 0 Å². The first-order valence-corrected chi connectivity index (χ1v) is 13.0. The van der Waals surface area contributed by atoms with Gasteiger partial charge in [-0.2, -0.15) is 4.98 Å². The minimum atomic E-state index is -0.197. The number of hydrogen-bond donors (Lipinski definition) is 1. The predicted molar refractivity (Wildman–Crippen MR) is 146 cm³/mol.